The maximum Gasteiger partial charge on any atom is 0.247 e. The summed E-state index contributed by atoms with van der Waals surface area (Å²) in [7, 11) is 0. The molecule has 3 atom stereocenters. The van der Waals surface area contributed by atoms with E-state index in [1.807, 2.05) is 24.3 Å². The first-order valence-corrected chi connectivity index (χ1v) is 13.9. The Bertz CT molecular complexity index is 934. The highest BCUT2D eigenvalue weighted by Crippen LogP contribution is 2.33. The van der Waals surface area contributed by atoms with E-state index in [2.05, 4.69) is 32.8 Å². The first-order valence-electron chi connectivity index (χ1n) is 12.8. The van der Waals surface area contributed by atoms with E-state index in [1.165, 1.54) is 0 Å². The van der Waals surface area contributed by atoms with Crippen LogP contribution in [-0.4, -0.2) is 103 Å². The highest BCUT2D eigenvalue weighted by molar-refractivity contribution is 14.1. The second-order valence-corrected chi connectivity index (χ2v) is 10.7. The molecule has 3 N–H and O–H groups in total. The number of carbonyl (C=O) groups is 2. The molecular weight excluding hydrogens is 577 g/mol. The van der Waals surface area contributed by atoms with E-state index in [1.54, 1.807) is 11.0 Å². The number of nitrogens with one attached hydrogen (secondary N) is 1. The van der Waals surface area contributed by atoms with Crippen molar-refractivity contribution in [1.82, 2.24) is 15.1 Å². The van der Waals surface area contributed by atoms with Gasteiger partial charge in [-0.3, -0.25) is 14.5 Å². The minimum atomic E-state index is -0.996. The van der Waals surface area contributed by atoms with Gasteiger partial charge in [-0.1, -0.05) is 18.6 Å². The number of ether oxygens (including phenoxy) is 2. The molecule has 9 nitrogen and oxygen atoms in total. The van der Waals surface area contributed by atoms with Crippen LogP contribution in [0, 0.1) is 9.49 Å². The zero-order chi connectivity index (χ0) is 25.5. The topological polar surface area (TPSA) is 112 Å². The summed E-state index contributed by atoms with van der Waals surface area (Å²) >= 11 is 2.17. The van der Waals surface area contributed by atoms with E-state index in [0.29, 0.717) is 37.6 Å². The number of halogens is 1. The quantitative estimate of drug-likeness (QED) is 0.340. The minimum Gasteiger partial charge on any atom is -0.482 e. The number of rotatable bonds is 10. The molecule has 2 amide bonds. The molecule has 2 aliphatic carbocycles. The largest absolute Gasteiger partial charge is 0.482 e. The van der Waals surface area contributed by atoms with Gasteiger partial charge in [0.2, 0.25) is 11.8 Å². The summed E-state index contributed by atoms with van der Waals surface area (Å²) in [5, 5.41) is 23.4. The highest BCUT2D eigenvalue weighted by Gasteiger charge is 2.42. The Morgan fingerprint density at radius 2 is 1.97 bits per heavy atom. The molecule has 4 rings (SSSR count). The summed E-state index contributed by atoms with van der Waals surface area (Å²) in [6.45, 7) is 4.09. The van der Waals surface area contributed by atoms with E-state index in [4.69, 9.17) is 14.6 Å². The van der Waals surface area contributed by atoms with Gasteiger partial charge in [0.05, 0.1) is 29.4 Å². The Kier molecular flexibility index (Phi) is 10.00. The van der Waals surface area contributed by atoms with Crippen LogP contribution in [-0.2, 0) is 14.3 Å². The van der Waals surface area contributed by atoms with Crippen LogP contribution in [0.25, 0.3) is 0 Å². The molecule has 36 heavy (non-hydrogen) atoms. The average Bonchev–Trinajstić information content (AvgIpc) is 2.85. The number of hydrogen-bond donors (Lipinski definition) is 3. The van der Waals surface area contributed by atoms with Crippen LogP contribution in [0.2, 0.25) is 0 Å². The van der Waals surface area contributed by atoms with E-state index in [-0.39, 0.29) is 37.3 Å². The SMILES string of the molecule is O=C(NCCO)C1=CC(Oc2ccccc2I)C(O)C(N(CCN2CCOCC2)C(=O)C2CCC2)C1. The molecule has 1 saturated carbocycles. The molecule has 1 saturated heterocycles. The summed E-state index contributed by atoms with van der Waals surface area (Å²) in [4.78, 5) is 30.6. The van der Waals surface area contributed by atoms with Crippen LogP contribution in [0.1, 0.15) is 25.7 Å². The molecule has 10 heteroatoms. The first kappa shape index (κ1) is 27.3. The van der Waals surface area contributed by atoms with Gasteiger partial charge in [0.15, 0.2) is 0 Å². The fraction of sp³-hybridized carbons (Fsp3) is 0.615. The molecule has 0 spiro atoms. The number of para-hydroxylation sites is 1. The molecule has 3 aliphatic rings. The summed E-state index contributed by atoms with van der Waals surface area (Å²) in [5.41, 5.74) is 0.451. The molecule has 0 aromatic heterocycles. The number of morpholine rings is 1. The van der Waals surface area contributed by atoms with Gasteiger partial charge >= 0.3 is 0 Å². The van der Waals surface area contributed by atoms with Crippen molar-refractivity contribution in [3.8, 4) is 5.75 Å². The van der Waals surface area contributed by atoms with Gasteiger partial charge in [-0.2, -0.15) is 0 Å². The molecule has 1 heterocycles. The molecule has 1 aliphatic heterocycles. The number of carbonyl (C=O) groups excluding carboxylic acids is 2. The Morgan fingerprint density at radius 3 is 2.64 bits per heavy atom. The monoisotopic (exact) mass is 613 g/mol. The number of amides is 2. The van der Waals surface area contributed by atoms with E-state index < -0.39 is 18.2 Å². The third kappa shape index (κ3) is 6.77. The summed E-state index contributed by atoms with van der Waals surface area (Å²) < 4.78 is 12.6. The van der Waals surface area contributed by atoms with Crippen LogP contribution in [0.15, 0.2) is 35.9 Å². The van der Waals surface area contributed by atoms with Crippen molar-refractivity contribution in [2.45, 2.75) is 43.9 Å². The van der Waals surface area contributed by atoms with Crippen molar-refractivity contribution in [1.29, 1.82) is 0 Å². The van der Waals surface area contributed by atoms with E-state index >= 15 is 0 Å². The van der Waals surface area contributed by atoms with Crippen molar-refractivity contribution < 1.29 is 29.3 Å². The zero-order valence-electron chi connectivity index (χ0n) is 20.5. The molecule has 0 radical (unpaired) electrons. The van der Waals surface area contributed by atoms with Gasteiger partial charge in [-0.05, 0) is 53.6 Å². The predicted octanol–water partition coefficient (Wildman–Crippen LogP) is 1.17. The van der Waals surface area contributed by atoms with Crippen molar-refractivity contribution in [3.05, 3.63) is 39.5 Å². The molecule has 0 bridgehead atoms. The van der Waals surface area contributed by atoms with Crippen molar-refractivity contribution in [2.24, 2.45) is 5.92 Å². The van der Waals surface area contributed by atoms with Crippen molar-refractivity contribution >= 4 is 34.4 Å². The zero-order valence-corrected chi connectivity index (χ0v) is 22.6. The second kappa shape index (κ2) is 13.2. The highest BCUT2D eigenvalue weighted by atomic mass is 127. The summed E-state index contributed by atoms with van der Waals surface area (Å²) in [5.74, 6) is 0.304. The van der Waals surface area contributed by atoms with Gasteiger partial charge in [-0.15, -0.1) is 0 Å². The predicted molar refractivity (Wildman–Crippen MR) is 142 cm³/mol. The van der Waals surface area contributed by atoms with Crippen LogP contribution >= 0.6 is 22.6 Å². The Balaban J connectivity index is 1.59. The smallest absolute Gasteiger partial charge is 0.247 e. The van der Waals surface area contributed by atoms with Crippen molar-refractivity contribution in [2.75, 3.05) is 52.5 Å². The lowest BCUT2D eigenvalue weighted by Gasteiger charge is -2.43. The third-order valence-corrected chi connectivity index (χ3v) is 8.10. The number of aliphatic hydroxyl groups is 2. The molecule has 3 unspecified atom stereocenters. The minimum absolute atomic E-state index is 0.0334. The summed E-state index contributed by atoms with van der Waals surface area (Å²) in [6.07, 6.45) is 2.85. The molecule has 198 valence electrons. The second-order valence-electron chi connectivity index (χ2n) is 9.56. The normalized spacial score (nSPS) is 25.0. The number of benzene rings is 1. The van der Waals surface area contributed by atoms with Gasteiger partial charge in [-0.25, -0.2) is 0 Å². The lowest BCUT2D eigenvalue weighted by molar-refractivity contribution is -0.146. The van der Waals surface area contributed by atoms with Crippen molar-refractivity contribution in [3.63, 3.8) is 0 Å². The average molecular weight is 613 g/mol. The lowest BCUT2D eigenvalue weighted by atomic mass is 9.82. The van der Waals surface area contributed by atoms with E-state index in [9.17, 15) is 14.7 Å². The standard InChI is InChI=1S/C26H36IN3O6/c27-20-6-1-2-7-22(20)36-23-17-19(25(33)28-8-13-31)16-21(24(23)32)30(26(34)18-4-3-5-18)10-9-29-11-14-35-15-12-29/h1-2,6-7,17-18,21,23-24,31-32H,3-5,8-16H2,(H,28,33). The maximum absolute atomic E-state index is 13.6. The lowest BCUT2D eigenvalue weighted by Crippen LogP contribution is -2.58. The Labute approximate surface area is 225 Å². The fourth-order valence-electron chi connectivity index (χ4n) is 4.87. The van der Waals surface area contributed by atoms with Crippen LogP contribution in [0.4, 0.5) is 0 Å². The Morgan fingerprint density at radius 1 is 1.22 bits per heavy atom. The molecule has 2 fully saturated rings. The van der Waals surface area contributed by atoms with Crippen LogP contribution < -0.4 is 10.1 Å². The molecular formula is C26H36IN3O6. The fourth-order valence-corrected chi connectivity index (χ4v) is 5.38. The Hall–Kier alpha value is -1.73. The first-order chi connectivity index (χ1) is 17.5. The van der Waals surface area contributed by atoms with Gasteiger partial charge in [0, 0.05) is 50.6 Å². The van der Waals surface area contributed by atoms with Gasteiger partial charge in [0.25, 0.3) is 0 Å². The molecule has 1 aromatic carbocycles. The van der Waals surface area contributed by atoms with Gasteiger partial charge in [0.1, 0.15) is 18.0 Å². The summed E-state index contributed by atoms with van der Waals surface area (Å²) in [6, 6.07) is 6.91. The van der Waals surface area contributed by atoms with Gasteiger partial charge < -0.3 is 29.9 Å². The van der Waals surface area contributed by atoms with Crippen LogP contribution in [0.5, 0.6) is 5.75 Å². The molecule has 1 aromatic rings. The third-order valence-electron chi connectivity index (χ3n) is 7.21. The van der Waals surface area contributed by atoms with Crippen LogP contribution in [0.3, 0.4) is 0 Å². The number of aliphatic hydroxyl groups excluding tert-OH is 2. The number of nitrogens with zero attached hydrogens (tertiary/aromatic N) is 2. The number of hydrogen-bond acceptors (Lipinski definition) is 7. The maximum atomic E-state index is 13.6. The van der Waals surface area contributed by atoms with E-state index in [0.717, 1.165) is 35.9 Å².